The third kappa shape index (κ3) is 2.78. The molecule has 1 aliphatic heterocycles. The predicted molar refractivity (Wildman–Crippen MR) is 110 cm³/mol. The molecule has 1 saturated carbocycles. The highest BCUT2D eigenvalue weighted by molar-refractivity contribution is 5.89. The predicted octanol–water partition coefficient (Wildman–Crippen LogP) is 4.61. The number of para-hydroxylation sites is 1. The number of nitrogens with zero attached hydrogens (tertiary/aromatic N) is 3. The number of nitrogens with one attached hydrogen (secondary N) is 1. The number of rotatable bonds is 2. The molecule has 1 fully saturated rings. The Morgan fingerprint density at radius 3 is 2.81 bits per heavy atom. The third-order valence-corrected chi connectivity index (χ3v) is 6.06. The van der Waals surface area contributed by atoms with E-state index in [1.165, 1.54) is 31.2 Å². The Hall–Kier alpha value is -2.82. The fraction of sp³-hybridized carbons (Fsp3) is 0.364. The van der Waals surface area contributed by atoms with Crippen LogP contribution in [-0.2, 0) is 6.42 Å². The molecule has 2 aromatic heterocycles. The van der Waals surface area contributed by atoms with E-state index in [0.29, 0.717) is 11.7 Å². The molecule has 0 bridgehead atoms. The summed E-state index contributed by atoms with van der Waals surface area (Å²) >= 11 is 0. The Labute approximate surface area is 159 Å². The zero-order chi connectivity index (χ0) is 18.4. The van der Waals surface area contributed by atoms with Gasteiger partial charge in [-0.25, -0.2) is 9.97 Å². The first-order valence-corrected chi connectivity index (χ1v) is 9.88. The molecule has 0 spiro atoms. The van der Waals surface area contributed by atoms with Gasteiger partial charge >= 0.3 is 0 Å². The minimum atomic E-state index is 0.487. The van der Waals surface area contributed by atoms with Crippen LogP contribution in [0.1, 0.15) is 55.6 Å². The molecule has 5 rings (SSSR count). The van der Waals surface area contributed by atoms with Crippen molar-refractivity contribution in [2.24, 2.45) is 5.92 Å². The number of hydrogen-bond acceptors (Lipinski definition) is 4. The molecule has 2 aliphatic rings. The van der Waals surface area contributed by atoms with E-state index in [-0.39, 0.29) is 0 Å². The zero-order valence-electron chi connectivity index (χ0n) is 15.7. The van der Waals surface area contributed by atoms with Crippen LogP contribution in [0, 0.1) is 5.92 Å². The molecule has 0 radical (unpaired) electrons. The summed E-state index contributed by atoms with van der Waals surface area (Å²) in [4.78, 5) is 9.45. The van der Waals surface area contributed by atoms with Crippen LogP contribution in [-0.4, -0.2) is 14.4 Å². The third-order valence-electron chi connectivity index (χ3n) is 6.06. The molecule has 3 heterocycles. The molecule has 0 atom stereocenters. The Kier molecular flexibility index (Phi) is 3.88. The van der Waals surface area contributed by atoms with Crippen molar-refractivity contribution in [2.75, 3.05) is 11.1 Å². The molecule has 0 amide bonds. The highest BCUT2D eigenvalue weighted by atomic mass is 15.1. The second-order valence-corrected chi connectivity index (χ2v) is 7.91. The first-order chi connectivity index (χ1) is 13.2. The van der Waals surface area contributed by atoms with Crippen LogP contribution in [0.2, 0.25) is 0 Å². The van der Waals surface area contributed by atoms with Gasteiger partial charge in [-0.3, -0.25) is 4.40 Å². The summed E-state index contributed by atoms with van der Waals surface area (Å²) < 4.78 is 2.17. The molecule has 138 valence electrons. The molecule has 27 heavy (non-hydrogen) atoms. The highest BCUT2D eigenvalue weighted by Gasteiger charge is 2.27. The van der Waals surface area contributed by atoms with Crippen molar-refractivity contribution >= 4 is 22.7 Å². The number of fused-ring (bicyclic) bond motifs is 2. The second-order valence-electron chi connectivity index (χ2n) is 7.91. The van der Waals surface area contributed by atoms with Crippen LogP contribution in [0.4, 0.5) is 11.5 Å². The molecule has 5 nitrogen and oxygen atoms in total. The first kappa shape index (κ1) is 16.4. The van der Waals surface area contributed by atoms with E-state index in [4.69, 9.17) is 10.7 Å². The van der Waals surface area contributed by atoms with Gasteiger partial charge in [-0.2, -0.15) is 0 Å². The second kappa shape index (κ2) is 6.41. The Morgan fingerprint density at radius 2 is 1.96 bits per heavy atom. The Balaban J connectivity index is 1.60. The van der Waals surface area contributed by atoms with Crippen LogP contribution in [0.15, 0.2) is 42.7 Å². The standard InChI is InChI=1S/C22H25N5/c1-14-6-8-16(9-7-14)22-26-19(20-21(23)24-12-13-27(20)22)18-11-10-15-4-2-3-5-17(15)25-18/h2-5,11-14,16,25H,6-10H2,1H3,(H2,23,24). The highest BCUT2D eigenvalue weighted by Crippen LogP contribution is 2.38. The zero-order valence-corrected chi connectivity index (χ0v) is 15.7. The lowest BCUT2D eigenvalue weighted by Crippen LogP contribution is -2.13. The smallest absolute Gasteiger partial charge is 0.150 e. The van der Waals surface area contributed by atoms with E-state index in [1.54, 1.807) is 6.20 Å². The van der Waals surface area contributed by atoms with E-state index >= 15 is 0 Å². The summed E-state index contributed by atoms with van der Waals surface area (Å²) in [5, 5.41) is 3.56. The maximum Gasteiger partial charge on any atom is 0.150 e. The number of nitrogens with two attached hydrogens (primary N) is 1. The van der Waals surface area contributed by atoms with Gasteiger partial charge in [0.15, 0.2) is 0 Å². The van der Waals surface area contributed by atoms with Gasteiger partial charge in [0.2, 0.25) is 0 Å². The van der Waals surface area contributed by atoms with Gasteiger partial charge in [-0.1, -0.05) is 44.0 Å². The monoisotopic (exact) mass is 359 g/mol. The minimum Gasteiger partial charge on any atom is -0.382 e. The normalized spacial score (nSPS) is 22.2. The summed E-state index contributed by atoms with van der Waals surface area (Å²) in [6.45, 7) is 2.35. The average Bonchev–Trinajstić information content (AvgIpc) is 3.09. The largest absolute Gasteiger partial charge is 0.382 e. The number of allylic oxidation sites excluding steroid dienone is 1. The number of aromatic nitrogens is 3. The van der Waals surface area contributed by atoms with Crippen LogP contribution in [0.25, 0.3) is 11.2 Å². The van der Waals surface area contributed by atoms with Gasteiger partial charge in [0.05, 0.1) is 5.70 Å². The Bertz CT molecular complexity index is 1020. The van der Waals surface area contributed by atoms with Crippen LogP contribution >= 0.6 is 0 Å². The number of benzene rings is 1. The fourth-order valence-electron chi connectivity index (χ4n) is 4.47. The van der Waals surface area contributed by atoms with Gasteiger partial charge in [-0.15, -0.1) is 0 Å². The summed E-state index contributed by atoms with van der Waals surface area (Å²) in [5.74, 6) is 2.97. The molecule has 3 aromatic rings. The molecular weight excluding hydrogens is 334 g/mol. The van der Waals surface area contributed by atoms with Gasteiger partial charge in [-0.05, 0) is 36.8 Å². The van der Waals surface area contributed by atoms with E-state index in [9.17, 15) is 0 Å². The van der Waals surface area contributed by atoms with Gasteiger partial charge in [0.25, 0.3) is 0 Å². The number of anilines is 2. The summed E-state index contributed by atoms with van der Waals surface area (Å²) in [6.07, 6.45) is 11.8. The van der Waals surface area contributed by atoms with Crippen LogP contribution in [0.5, 0.6) is 0 Å². The quantitative estimate of drug-likeness (QED) is 0.701. The molecule has 0 unspecified atom stereocenters. The van der Waals surface area contributed by atoms with E-state index < -0.39 is 0 Å². The van der Waals surface area contributed by atoms with Crippen molar-refractivity contribution in [1.29, 1.82) is 0 Å². The van der Waals surface area contributed by atoms with Crippen molar-refractivity contribution < 1.29 is 0 Å². The molecular formula is C22H25N5. The van der Waals surface area contributed by atoms with Crippen LogP contribution in [0.3, 0.4) is 0 Å². The van der Waals surface area contributed by atoms with Crippen molar-refractivity contribution in [3.63, 3.8) is 0 Å². The summed E-state index contributed by atoms with van der Waals surface area (Å²) in [7, 11) is 0. The van der Waals surface area contributed by atoms with E-state index in [1.807, 2.05) is 6.20 Å². The number of nitrogen functional groups attached to an aromatic ring is 1. The van der Waals surface area contributed by atoms with E-state index in [0.717, 1.165) is 40.8 Å². The number of imidazole rings is 1. The fourth-order valence-corrected chi connectivity index (χ4v) is 4.47. The topological polar surface area (TPSA) is 68.2 Å². The minimum absolute atomic E-state index is 0.487. The van der Waals surface area contributed by atoms with Gasteiger partial charge in [0, 0.05) is 24.0 Å². The Morgan fingerprint density at radius 1 is 1.15 bits per heavy atom. The van der Waals surface area contributed by atoms with Gasteiger partial charge < -0.3 is 11.1 Å². The van der Waals surface area contributed by atoms with Crippen molar-refractivity contribution in [3.05, 3.63) is 59.8 Å². The number of hydrogen-bond donors (Lipinski definition) is 2. The molecule has 5 heteroatoms. The summed E-state index contributed by atoms with van der Waals surface area (Å²) in [5.41, 5.74) is 11.6. The van der Waals surface area contributed by atoms with Crippen molar-refractivity contribution in [3.8, 4) is 0 Å². The lowest BCUT2D eigenvalue weighted by atomic mass is 9.82. The van der Waals surface area contributed by atoms with Gasteiger partial charge in [0.1, 0.15) is 22.9 Å². The first-order valence-electron chi connectivity index (χ1n) is 9.88. The summed E-state index contributed by atoms with van der Waals surface area (Å²) in [6, 6.07) is 8.41. The maximum absolute atomic E-state index is 6.30. The molecule has 1 aromatic carbocycles. The SMILES string of the molecule is CC1CCC(c2nc(C3=CCc4ccccc4N3)c3c(N)nccn23)CC1. The van der Waals surface area contributed by atoms with Crippen molar-refractivity contribution in [1.82, 2.24) is 14.4 Å². The maximum atomic E-state index is 6.30. The van der Waals surface area contributed by atoms with E-state index in [2.05, 4.69) is 52.0 Å². The average molecular weight is 359 g/mol. The van der Waals surface area contributed by atoms with Crippen LogP contribution < -0.4 is 11.1 Å². The lowest BCUT2D eigenvalue weighted by molar-refractivity contribution is 0.339. The molecule has 1 aliphatic carbocycles. The van der Waals surface area contributed by atoms with Crippen molar-refractivity contribution in [2.45, 2.75) is 44.9 Å². The molecule has 3 N–H and O–H groups in total. The lowest BCUT2D eigenvalue weighted by Gasteiger charge is -2.25. The molecule has 0 saturated heterocycles.